The Kier molecular flexibility index (Phi) is 5.69. The Morgan fingerprint density at radius 3 is 2.83 bits per heavy atom. The molecule has 0 amide bonds. The highest BCUT2D eigenvalue weighted by atomic mass is 15.4. The van der Waals surface area contributed by atoms with Crippen molar-refractivity contribution in [2.75, 3.05) is 25.5 Å². The van der Waals surface area contributed by atoms with Gasteiger partial charge in [0.1, 0.15) is 17.5 Å². The fourth-order valence-electron chi connectivity index (χ4n) is 4.47. The van der Waals surface area contributed by atoms with Crippen LogP contribution in [-0.2, 0) is 6.42 Å². The Bertz CT molecular complexity index is 1080. The molecule has 1 atom stereocenters. The van der Waals surface area contributed by atoms with Crippen molar-refractivity contribution >= 4 is 11.5 Å². The minimum Gasteiger partial charge on any atom is -0.341 e. The normalized spacial score (nSPS) is 16.5. The summed E-state index contributed by atoms with van der Waals surface area (Å²) >= 11 is 0. The van der Waals surface area contributed by atoms with Crippen LogP contribution < -0.4 is 4.90 Å². The largest absolute Gasteiger partial charge is 0.341 e. The van der Waals surface area contributed by atoms with Gasteiger partial charge in [0.05, 0.1) is 6.17 Å². The number of pyridine rings is 2. The van der Waals surface area contributed by atoms with Crippen molar-refractivity contribution in [1.29, 1.82) is 5.26 Å². The van der Waals surface area contributed by atoms with Gasteiger partial charge in [-0.3, -0.25) is 9.88 Å². The molecule has 0 saturated carbocycles. The SMILES string of the molecule is CCCCc1c(C)c(C#N)c2nc(-c3cccnc3)nn2c1N1CCCC1N(C)C. The van der Waals surface area contributed by atoms with Gasteiger partial charge in [-0.1, -0.05) is 13.3 Å². The van der Waals surface area contributed by atoms with Gasteiger partial charge >= 0.3 is 0 Å². The van der Waals surface area contributed by atoms with Crippen LogP contribution in [0.3, 0.4) is 0 Å². The molecule has 156 valence electrons. The number of fused-ring (bicyclic) bond motifs is 1. The fraction of sp³-hybridized carbons (Fsp3) is 0.478. The maximum absolute atomic E-state index is 9.98. The molecular weight excluding hydrogens is 374 g/mol. The molecule has 0 N–H and O–H groups in total. The molecule has 1 aliphatic heterocycles. The molecule has 7 heteroatoms. The van der Waals surface area contributed by atoms with Crippen LogP contribution in [0, 0.1) is 18.3 Å². The van der Waals surface area contributed by atoms with Crippen LogP contribution >= 0.6 is 0 Å². The first kappa shape index (κ1) is 20.3. The molecule has 0 spiro atoms. The topological polar surface area (TPSA) is 73.3 Å². The predicted octanol–water partition coefficient (Wildman–Crippen LogP) is 3.80. The van der Waals surface area contributed by atoms with Gasteiger partial charge in [0.25, 0.3) is 0 Å². The number of unbranched alkanes of at least 4 members (excludes halogenated alkanes) is 1. The predicted molar refractivity (Wildman–Crippen MR) is 118 cm³/mol. The molecule has 7 nitrogen and oxygen atoms in total. The average molecular weight is 404 g/mol. The lowest BCUT2D eigenvalue weighted by Gasteiger charge is -2.33. The number of rotatable bonds is 6. The minimum atomic E-state index is 0.312. The number of hydrogen-bond acceptors (Lipinski definition) is 6. The second-order valence-corrected chi connectivity index (χ2v) is 8.21. The van der Waals surface area contributed by atoms with Crippen LogP contribution in [0.4, 0.5) is 5.82 Å². The van der Waals surface area contributed by atoms with Gasteiger partial charge in [-0.2, -0.15) is 9.78 Å². The van der Waals surface area contributed by atoms with Crippen molar-refractivity contribution in [2.24, 2.45) is 0 Å². The van der Waals surface area contributed by atoms with E-state index in [1.165, 1.54) is 5.56 Å². The van der Waals surface area contributed by atoms with E-state index in [0.717, 1.165) is 55.6 Å². The molecule has 0 aromatic carbocycles. The Morgan fingerprint density at radius 2 is 2.17 bits per heavy atom. The van der Waals surface area contributed by atoms with E-state index in [0.29, 0.717) is 23.2 Å². The van der Waals surface area contributed by atoms with Crippen molar-refractivity contribution in [3.63, 3.8) is 0 Å². The zero-order valence-electron chi connectivity index (χ0n) is 18.3. The summed E-state index contributed by atoms with van der Waals surface area (Å²) < 4.78 is 1.92. The van der Waals surface area contributed by atoms with Crippen LogP contribution in [0.1, 0.15) is 49.3 Å². The van der Waals surface area contributed by atoms with Crippen LogP contribution in [0.2, 0.25) is 0 Å². The molecule has 1 fully saturated rings. The van der Waals surface area contributed by atoms with Gasteiger partial charge in [-0.25, -0.2) is 4.98 Å². The zero-order chi connectivity index (χ0) is 21.3. The van der Waals surface area contributed by atoms with Crippen molar-refractivity contribution in [3.05, 3.63) is 41.2 Å². The first-order valence-electron chi connectivity index (χ1n) is 10.7. The van der Waals surface area contributed by atoms with E-state index >= 15 is 0 Å². The summed E-state index contributed by atoms with van der Waals surface area (Å²) in [4.78, 5) is 13.7. The lowest BCUT2D eigenvalue weighted by Crippen LogP contribution is -2.42. The molecule has 4 heterocycles. The number of nitrogens with zero attached hydrogens (tertiary/aromatic N) is 7. The smallest absolute Gasteiger partial charge is 0.183 e. The second-order valence-electron chi connectivity index (χ2n) is 8.21. The number of anilines is 1. The van der Waals surface area contributed by atoms with E-state index in [4.69, 9.17) is 10.1 Å². The summed E-state index contributed by atoms with van der Waals surface area (Å²) in [5, 5.41) is 14.9. The standard InChI is InChI=1S/C23H29N7/c1-5-6-10-18-16(2)19(14-24)22-26-21(17-9-7-12-25-15-17)27-30(22)23(18)29-13-8-11-20(29)28(3)4/h7,9,12,15,20H,5-6,8,10-11,13H2,1-4H3. The Balaban J connectivity index is 2.01. The van der Waals surface area contributed by atoms with Gasteiger partial charge in [0, 0.05) is 24.5 Å². The number of aromatic nitrogens is 4. The number of hydrogen-bond donors (Lipinski definition) is 0. The molecule has 3 aromatic rings. The van der Waals surface area contributed by atoms with Crippen molar-refractivity contribution in [1.82, 2.24) is 24.5 Å². The van der Waals surface area contributed by atoms with Gasteiger partial charge in [-0.05, 0) is 70.0 Å². The second kappa shape index (κ2) is 8.41. The first-order chi connectivity index (χ1) is 14.6. The summed E-state index contributed by atoms with van der Waals surface area (Å²) in [7, 11) is 4.26. The van der Waals surface area contributed by atoms with Crippen molar-refractivity contribution in [3.8, 4) is 17.5 Å². The lowest BCUT2D eigenvalue weighted by molar-refractivity contribution is 0.299. The molecule has 0 aliphatic carbocycles. The van der Waals surface area contributed by atoms with E-state index in [-0.39, 0.29) is 0 Å². The van der Waals surface area contributed by atoms with Crippen LogP contribution in [0.5, 0.6) is 0 Å². The Labute approximate surface area is 178 Å². The van der Waals surface area contributed by atoms with Crippen molar-refractivity contribution < 1.29 is 0 Å². The highest BCUT2D eigenvalue weighted by Crippen LogP contribution is 2.35. The molecular formula is C23H29N7. The average Bonchev–Trinajstić information content (AvgIpc) is 3.40. The van der Waals surface area contributed by atoms with Crippen LogP contribution in [-0.4, -0.2) is 51.3 Å². The van der Waals surface area contributed by atoms with Gasteiger partial charge in [-0.15, -0.1) is 5.10 Å². The first-order valence-corrected chi connectivity index (χ1v) is 10.7. The quantitative estimate of drug-likeness (QED) is 0.623. The summed E-state index contributed by atoms with van der Waals surface area (Å²) in [6.07, 6.45) is 9.19. The summed E-state index contributed by atoms with van der Waals surface area (Å²) in [5.74, 6) is 1.70. The Hall–Kier alpha value is -2.98. The molecule has 1 unspecified atom stereocenters. The third kappa shape index (κ3) is 3.41. The maximum atomic E-state index is 9.98. The highest BCUT2D eigenvalue weighted by Gasteiger charge is 2.32. The van der Waals surface area contributed by atoms with Crippen LogP contribution in [0.25, 0.3) is 17.0 Å². The third-order valence-electron chi connectivity index (χ3n) is 6.03. The molecule has 0 bridgehead atoms. The van der Waals surface area contributed by atoms with Gasteiger partial charge in [0.15, 0.2) is 11.5 Å². The monoisotopic (exact) mass is 403 g/mol. The maximum Gasteiger partial charge on any atom is 0.183 e. The molecule has 0 radical (unpaired) electrons. The van der Waals surface area contributed by atoms with E-state index in [1.54, 1.807) is 12.4 Å². The zero-order valence-corrected chi connectivity index (χ0v) is 18.3. The molecule has 1 saturated heterocycles. The van der Waals surface area contributed by atoms with Crippen LogP contribution in [0.15, 0.2) is 24.5 Å². The molecule has 30 heavy (non-hydrogen) atoms. The van der Waals surface area contributed by atoms with E-state index in [2.05, 4.69) is 48.8 Å². The van der Waals surface area contributed by atoms with E-state index in [9.17, 15) is 5.26 Å². The molecule has 4 rings (SSSR count). The summed E-state index contributed by atoms with van der Waals surface area (Å²) in [5.41, 5.74) is 4.36. The fourth-order valence-corrected chi connectivity index (χ4v) is 4.47. The van der Waals surface area contributed by atoms with E-state index in [1.807, 2.05) is 16.6 Å². The van der Waals surface area contributed by atoms with E-state index < -0.39 is 0 Å². The van der Waals surface area contributed by atoms with Gasteiger partial charge in [0.2, 0.25) is 0 Å². The van der Waals surface area contributed by atoms with Crippen molar-refractivity contribution in [2.45, 2.75) is 52.1 Å². The summed E-state index contributed by atoms with van der Waals surface area (Å²) in [6.45, 7) is 5.24. The third-order valence-corrected chi connectivity index (χ3v) is 6.03. The summed E-state index contributed by atoms with van der Waals surface area (Å²) in [6, 6.07) is 6.24. The Morgan fingerprint density at radius 1 is 1.33 bits per heavy atom. The van der Waals surface area contributed by atoms with Gasteiger partial charge < -0.3 is 4.90 Å². The highest BCUT2D eigenvalue weighted by molar-refractivity contribution is 5.71. The molecule has 3 aromatic heterocycles. The lowest BCUT2D eigenvalue weighted by atomic mass is 9.99. The molecule has 1 aliphatic rings. The number of nitriles is 1. The minimum absolute atomic E-state index is 0.312.